The lowest BCUT2D eigenvalue weighted by Crippen LogP contribution is -2.34. The molecule has 25 heavy (non-hydrogen) atoms. The molecule has 0 bridgehead atoms. The number of amides is 2. The molecule has 7 heteroatoms. The molecule has 0 N–H and O–H groups in total. The van der Waals surface area contributed by atoms with Gasteiger partial charge in [-0.05, 0) is 24.3 Å². The standard InChI is InChI=1S/C18H22N4O3/c1-20(10-13-9-19-21(2)11-13)18(24)14-8-17(23)22(12-14)15-4-6-16(25-3)7-5-15/h4-7,9,11,14H,8,10,12H2,1-3H3/t14-/m0/s1. The van der Waals surface area contributed by atoms with Gasteiger partial charge in [0.1, 0.15) is 5.75 Å². The highest BCUT2D eigenvalue weighted by Gasteiger charge is 2.36. The fourth-order valence-corrected chi connectivity index (χ4v) is 3.10. The van der Waals surface area contributed by atoms with Gasteiger partial charge >= 0.3 is 0 Å². The van der Waals surface area contributed by atoms with Crippen LogP contribution in [-0.4, -0.2) is 47.2 Å². The maximum absolute atomic E-state index is 12.7. The lowest BCUT2D eigenvalue weighted by atomic mass is 10.1. The van der Waals surface area contributed by atoms with Crippen molar-refractivity contribution < 1.29 is 14.3 Å². The van der Waals surface area contributed by atoms with Crippen LogP contribution in [0.1, 0.15) is 12.0 Å². The molecule has 1 aromatic carbocycles. The quantitative estimate of drug-likeness (QED) is 0.825. The third-order valence-corrected chi connectivity index (χ3v) is 4.41. The number of carbonyl (C=O) groups excluding carboxylic acids is 2. The number of ether oxygens (including phenoxy) is 1. The molecule has 0 spiro atoms. The van der Waals surface area contributed by atoms with Crippen molar-refractivity contribution in [3.8, 4) is 5.75 Å². The summed E-state index contributed by atoms with van der Waals surface area (Å²) in [6, 6.07) is 7.30. The summed E-state index contributed by atoms with van der Waals surface area (Å²) in [5.41, 5.74) is 1.76. The van der Waals surface area contributed by atoms with E-state index in [-0.39, 0.29) is 24.2 Å². The number of aryl methyl sites for hydroxylation is 1. The van der Waals surface area contributed by atoms with Gasteiger partial charge in [-0.25, -0.2) is 0 Å². The second-order valence-electron chi connectivity index (χ2n) is 6.32. The summed E-state index contributed by atoms with van der Waals surface area (Å²) in [6.07, 6.45) is 3.86. The normalized spacial score (nSPS) is 17.0. The number of hydrogen-bond acceptors (Lipinski definition) is 4. The number of anilines is 1. The minimum atomic E-state index is -0.323. The molecule has 1 fully saturated rings. The van der Waals surface area contributed by atoms with E-state index in [1.807, 2.05) is 37.5 Å². The highest BCUT2D eigenvalue weighted by molar-refractivity contribution is 6.00. The zero-order valence-corrected chi connectivity index (χ0v) is 14.7. The van der Waals surface area contributed by atoms with Crippen LogP contribution in [-0.2, 0) is 23.2 Å². The van der Waals surface area contributed by atoms with Crippen molar-refractivity contribution in [1.82, 2.24) is 14.7 Å². The van der Waals surface area contributed by atoms with Crippen LogP contribution >= 0.6 is 0 Å². The lowest BCUT2D eigenvalue weighted by Gasteiger charge is -2.21. The van der Waals surface area contributed by atoms with Gasteiger partial charge in [-0.2, -0.15) is 5.10 Å². The Labute approximate surface area is 146 Å². The SMILES string of the molecule is COc1ccc(N2C[C@@H](C(=O)N(C)Cc3cnn(C)c3)CC2=O)cc1. The zero-order chi connectivity index (χ0) is 18.0. The van der Waals surface area contributed by atoms with Gasteiger partial charge in [-0.15, -0.1) is 0 Å². The summed E-state index contributed by atoms with van der Waals surface area (Å²) in [5, 5.41) is 4.11. The maximum atomic E-state index is 12.7. The van der Waals surface area contributed by atoms with E-state index in [0.29, 0.717) is 13.1 Å². The molecule has 0 saturated carbocycles. The predicted octanol–water partition coefficient (Wildman–Crippen LogP) is 1.44. The average molecular weight is 342 g/mol. The Bertz CT molecular complexity index is 769. The minimum absolute atomic E-state index is 0.0202. The van der Waals surface area contributed by atoms with Crippen LogP contribution in [0, 0.1) is 5.92 Å². The Balaban J connectivity index is 1.65. The van der Waals surface area contributed by atoms with Crippen molar-refractivity contribution in [2.24, 2.45) is 13.0 Å². The fourth-order valence-electron chi connectivity index (χ4n) is 3.10. The summed E-state index contributed by atoms with van der Waals surface area (Å²) >= 11 is 0. The Morgan fingerprint density at radius 2 is 2.08 bits per heavy atom. The maximum Gasteiger partial charge on any atom is 0.228 e. The molecule has 0 aliphatic carbocycles. The summed E-state index contributed by atoms with van der Waals surface area (Å²) in [7, 11) is 5.20. The van der Waals surface area contributed by atoms with Crippen LogP contribution in [0.5, 0.6) is 5.75 Å². The van der Waals surface area contributed by atoms with E-state index in [4.69, 9.17) is 4.74 Å². The van der Waals surface area contributed by atoms with Gasteiger partial charge in [-0.1, -0.05) is 0 Å². The number of benzene rings is 1. The van der Waals surface area contributed by atoms with Gasteiger partial charge in [0.15, 0.2) is 0 Å². The molecule has 2 heterocycles. The molecule has 1 aliphatic heterocycles. The lowest BCUT2D eigenvalue weighted by molar-refractivity contribution is -0.135. The van der Waals surface area contributed by atoms with E-state index in [9.17, 15) is 9.59 Å². The first kappa shape index (κ1) is 17.0. The predicted molar refractivity (Wildman–Crippen MR) is 93.1 cm³/mol. The highest BCUT2D eigenvalue weighted by Crippen LogP contribution is 2.27. The minimum Gasteiger partial charge on any atom is -0.497 e. The van der Waals surface area contributed by atoms with Crippen LogP contribution in [0.2, 0.25) is 0 Å². The third kappa shape index (κ3) is 3.65. The summed E-state index contributed by atoms with van der Waals surface area (Å²) in [4.78, 5) is 28.3. The molecule has 132 valence electrons. The van der Waals surface area contributed by atoms with Crippen molar-refractivity contribution in [2.75, 3.05) is 25.6 Å². The topological polar surface area (TPSA) is 67.7 Å². The molecule has 0 radical (unpaired) electrons. The first-order valence-corrected chi connectivity index (χ1v) is 8.15. The van der Waals surface area contributed by atoms with Gasteiger partial charge in [-0.3, -0.25) is 14.3 Å². The molecule has 1 aliphatic rings. The zero-order valence-electron chi connectivity index (χ0n) is 14.7. The second kappa shape index (κ2) is 6.96. The van der Waals surface area contributed by atoms with E-state index in [1.165, 1.54) is 0 Å². The van der Waals surface area contributed by atoms with Gasteiger partial charge in [0.05, 0.1) is 19.2 Å². The largest absolute Gasteiger partial charge is 0.497 e. The molecule has 1 atom stereocenters. The van der Waals surface area contributed by atoms with E-state index in [1.54, 1.807) is 34.8 Å². The highest BCUT2D eigenvalue weighted by atomic mass is 16.5. The Morgan fingerprint density at radius 3 is 2.68 bits per heavy atom. The molecule has 1 saturated heterocycles. The van der Waals surface area contributed by atoms with Crippen LogP contribution in [0.15, 0.2) is 36.7 Å². The van der Waals surface area contributed by atoms with Crippen molar-refractivity contribution in [3.63, 3.8) is 0 Å². The summed E-state index contributed by atoms with van der Waals surface area (Å²) in [5.74, 6) is 0.363. The van der Waals surface area contributed by atoms with Crippen LogP contribution < -0.4 is 9.64 Å². The fraction of sp³-hybridized carbons (Fsp3) is 0.389. The van der Waals surface area contributed by atoms with Crippen molar-refractivity contribution in [1.29, 1.82) is 0 Å². The summed E-state index contributed by atoms with van der Waals surface area (Å²) in [6.45, 7) is 0.890. The molecule has 0 unspecified atom stereocenters. The number of carbonyl (C=O) groups is 2. The third-order valence-electron chi connectivity index (χ3n) is 4.41. The number of hydrogen-bond donors (Lipinski definition) is 0. The second-order valence-corrected chi connectivity index (χ2v) is 6.32. The monoisotopic (exact) mass is 342 g/mol. The molecule has 2 aromatic rings. The number of methoxy groups -OCH3 is 1. The molecule has 1 aromatic heterocycles. The first-order chi connectivity index (χ1) is 12.0. The van der Waals surface area contributed by atoms with E-state index < -0.39 is 0 Å². The van der Waals surface area contributed by atoms with Gasteiger partial charge in [0.25, 0.3) is 0 Å². The van der Waals surface area contributed by atoms with Crippen molar-refractivity contribution in [2.45, 2.75) is 13.0 Å². The van der Waals surface area contributed by atoms with Crippen LogP contribution in [0.4, 0.5) is 5.69 Å². The van der Waals surface area contributed by atoms with Gasteiger partial charge < -0.3 is 14.5 Å². The van der Waals surface area contributed by atoms with Gasteiger partial charge in [0.2, 0.25) is 11.8 Å². The first-order valence-electron chi connectivity index (χ1n) is 8.15. The smallest absolute Gasteiger partial charge is 0.228 e. The Morgan fingerprint density at radius 1 is 1.36 bits per heavy atom. The number of rotatable bonds is 5. The van der Waals surface area contributed by atoms with E-state index in [2.05, 4.69) is 5.10 Å². The van der Waals surface area contributed by atoms with Crippen molar-refractivity contribution >= 4 is 17.5 Å². The van der Waals surface area contributed by atoms with Crippen LogP contribution in [0.3, 0.4) is 0 Å². The molecule has 2 amide bonds. The van der Waals surface area contributed by atoms with Crippen molar-refractivity contribution in [3.05, 3.63) is 42.2 Å². The Kier molecular flexibility index (Phi) is 4.74. The van der Waals surface area contributed by atoms with E-state index >= 15 is 0 Å². The van der Waals surface area contributed by atoms with Crippen LogP contribution in [0.25, 0.3) is 0 Å². The molecule has 3 rings (SSSR count). The molecular formula is C18H22N4O3. The average Bonchev–Trinajstić information content (AvgIpc) is 3.20. The van der Waals surface area contributed by atoms with Gasteiger partial charge in [0, 0.05) is 51.1 Å². The number of nitrogens with zero attached hydrogens (tertiary/aromatic N) is 4. The molecule has 7 nitrogen and oxygen atoms in total. The summed E-state index contributed by atoms with van der Waals surface area (Å²) < 4.78 is 6.84. The Hall–Kier alpha value is -2.83. The number of aromatic nitrogens is 2. The van der Waals surface area contributed by atoms with E-state index in [0.717, 1.165) is 17.0 Å². The molecular weight excluding hydrogens is 320 g/mol.